The molecule has 0 aliphatic rings. The second kappa shape index (κ2) is 5.80. The van der Waals surface area contributed by atoms with E-state index in [1.165, 1.54) is 6.07 Å². The summed E-state index contributed by atoms with van der Waals surface area (Å²) in [5.74, 6) is -3.94. The fourth-order valence-corrected chi connectivity index (χ4v) is 1.72. The van der Waals surface area contributed by atoms with Gasteiger partial charge in [-0.25, -0.2) is 9.37 Å². The van der Waals surface area contributed by atoms with Crippen LogP contribution in [-0.4, -0.2) is 15.8 Å². The third kappa shape index (κ3) is 3.11. The highest BCUT2D eigenvalue weighted by Gasteiger charge is 2.20. The van der Waals surface area contributed by atoms with Gasteiger partial charge in [-0.2, -0.15) is 4.39 Å². The Hall–Kier alpha value is -2.61. The van der Waals surface area contributed by atoms with Crippen LogP contribution in [0.1, 0.15) is 10.4 Å². The molecule has 6 nitrogen and oxygen atoms in total. The van der Waals surface area contributed by atoms with E-state index in [0.29, 0.717) is 0 Å². The predicted molar refractivity (Wildman–Crippen MR) is 70.2 cm³/mol. The minimum atomic E-state index is -1.44. The van der Waals surface area contributed by atoms with Crippen molar-refractivity contribution in [2.75, 3.05) is 5.32 Å². The first-order chi connectivity index (χ1) is 9.90. The van der Waals surface area contributed by atoms with Crippen LogP contribution in [0.2, 0.25) is 5.02 Å². The minimum absolute atomic E-state index is 0.136. The summed E-state index contributed by atoms with van der Waals surface area (Å²) in [5, 5.41) is 13.1. The second-order valence-corrected chi connectivity index (χ2v) is 4.27. The molecule has 1 amide bonds. The third-order valence-corrected chi connectivity index (χ3v) is 2.73. The SMILES string of the molecule is O=C(Nc1cc(Cl)ccc1[N+](=O)[O-])c1ccnc(F)c1F. The van der Waals surface area contributed by atoms with Crippen LogP contribution in [0.25, 0.3) is 0 Å². The zero-order valence-electron chi connectivity index (χ0n) is 10.1. The first-order valence-electron chi connectivity index (χ1n) is 5.45. The number of anilines is 1. The standard InChI is InChI=1S/C12H6ClF2N3O3/c13-6-1-2-9(18(20)21)8(5-6)17-12(19)7-3-4-16-11(15)10(7)14/h1-5H,(H,17,19). The van der Waals surface area contributed by atoms with Crippen LogP contribution in [0.3, 0.4) is 0 Å². The lowest BCUT2D eigenvalue weighted by Crippen LogP contribution is -2.16. The third-order valence-electron chi connectivity index (χ3n) is 2.49. The van der Waals surface area contributed by atoms with Crippen molar-refractivity contribution in [3.63, 3.8) is 0 Å². The number of rotatable bonds is 3. The van der Waals surface area contributed by atoms with Crippen molar-refractivity contribution in [3.8, 4) is 0 Å². The molecular weight excluding hydrogens is 308 g/mol. The average Bonchev–Trinajstić information content (AvgIpc) is 2.41. The van der Waals surface area contributed by atoms with E-state index in [0.717, 1.165) is 24.4 Å². The van der Waals surface area contributed by atoms with Gasteiger partial charge in [0.15, 0.2) is 5.82 Å². The van der Waals surface area contributed by atoms with Gasteiger partial charge in [-0.3, -0.25) is 14.9 Å². The van der Waals surface area contributed by atoms with Crippen molar-refractivity contribution >= 4 is 28.9 Å². The summed E-state index contributed by atoms with van der Waals surface area (Å²) in [7, 11) is 0. The number of hydrogen-bond donors (Lipinski definition) is 1. The van der Waals surface area contributed by atoms with Gasteiger partial charge in [-0.15, -0.1) is 0 Å². The Morgan fingerprint density at radius 2 is 2.05 bits per heavy atom. The van der Waals surface area contributed by atoms with Gasteiger partial charge in [0.25, 0.3) is 11.6 Å². The minimum Gasteiger partial charge on any atom is -0.316 e. The zero-order valence-corrected chi connectivity index (χ0v) is 10.9. The van der Waals surface area contributed by atoms with Crippen LogP contribution in [0.4, 0.5) is 20.2 Å². The molecule has 0 saturated carbocycles. The summed E-state index contributed by atoms with van der Waals surface area (Å²) in [5.41, 5.74) is -1.28. The normalized spacial score (nSPS) is 10.2. The van der Waals surface area contributed by atoms with E-state index in [1.54, 1.807) is 0 Å². The number of benzene rings is 1. The predicted octanol–water partition coefficient (Wildman–Crippen LogP) is 3.17. The van der Waals surface area contributed by atoms with Crippen molar-refractivity contribution in [2.45, 2.75) is 0 Å². The van der Waals surface area contributed by atoms with Crippen LogP contribution in [-0.2, 0) is 0 Å². The Kier molecular flexibility index (Phi) is 4.08. The second-order valence-electron chi connectivity index (χ2n) is 3.84. The number of carbonyl (C=O) groups excluding carboxylic acids is 1. The van der Waals surface area contributed by atoms with E-state index in [2.05, 4.69) is 10.3 Å². The van der Waals surface area contributed by atoms with Gasteiger partial charge in [0.1, 0.15) is 5.69 Å². The molecule has 1 N–H and O–H groups in total. The lowest BCUT2D eigenvalue weighted by molar-refractivity contribution is -0.383. The molecule has 9 heteroatoms. The number of nitro benzene ring substituents is 1. The highest BCUT2D eigenvalue weighted by molar-refractivity contribution is 6.31. The molecule has 21 heavy (non-hydrogen) atoms. The summed E-state index contributed by atoms with van der Waals surface area (Å²) in [6, 6.07) is 4.43. The zero-order chi connectivity index (χ0) is 15.6. The van der Waals surface area contributed by atoms with Gasteiger partial charge in [0.2, 0.25) is 5.95 Å². The molecule has 1 heterocycles. The van der Waals surface area contributed by atoms with Crippen molar-refractivity contribution in [1.29, 1.82) is 0 Å². The molecule has 0 aliphatic heterocycles. The van der Waals surface area contributed by atoms with E-state index < -0.39 is 33.8 Å². The van der Waals surface area contributed by atoms with Crippen molar-refractivity contribution < 1.29 is 18.5 Å². The largest absolute Gasteiger partial charge is 0.316 e. The smallest absolute Gasteiger partial charge is 0.292 e. The van der Waals surface area contributed by atoms with Gasteiger partial charge in [0.05, 0.1) is 10.5 Å². The molecule has 108 valence electrons. The molecule has 0 aliphatic carbocycles. The van der Waals surface area contributed by atoms with Crippen molar-refractivity contribution in [3.05, 3.63) is 62.9 Å². The highest BCUT2D eigenvalue weighted by Crippen LogP contribution is 2.28. The van der Waals surface area contributed by atoms with E-state index in [9.17, 15) is 23.7 Å². The Labute approximate surface area is 121 Å². The lowest BCUT2D eigenvalue weighted by Gasteiger charge is -2.07. The number of halogens is 3. The lowest BCUT2D eigenvalue weighted by atomic mass is 10.2. The van der Waals surface area contributed by atoms with Crippen LogP contribution in [0.5, 0.6) is 0 Å². The molecule has 0 unspecified atom stereocenters. The maximum atomic E-state index is 13.4. The molecule has 0 fully saturated rings. The number of pyridine rings is 1. The molecule has 0 bridgehead atoms. The van der Waals surface area contributed by atoms with Crippen LogP contribution < -0.4 is 5.32 Å². The first kappa shape index (κ1) is 14.8. The summed E-state index contributed by atoms with van der Waals surface area (Å²) in [4.78, 5) is 25.0. The highest BCUT2D eigenvalue weighted by atomic mass is 35.5. The number of nitrogens with zero attached hydrogens (tertiary/aromatic N) is 2. The average molecular weight is 314 g/mol. The number of nitrogens with one attached hydrogen (secondary N) is 1. The summed E-state index contributed by atoms with van der Waals surface area (Å²) in [6.07, 6.45) is 0.902. The van der Waals surface area contributed by atoms with Gasteiger partial charge in [-0.1, -0.05) is 11.6 Å². The van der Waals surface area contributed by atoms with E-state index in [1.807, 2.05) is 0 Å². The van der Waals surface area contributed by atoms with E-state index >= 15 is 0 Å². The quantitative estimate of drug-likeness (QED) is 0.536. The number of amides is 1. The van der Waals surface area contributed by atoms with Crippen molar-refractivity contribution in [1.82, 2.24) is 4.98 Å². The fraction of sp³-hybridized carbons (Fsp3) is 0. The van der Waals surface area contributed by atoms with Crippen LogP contribution in [0.15, 0.2) is 30.5 Å². The maximum Gasteiger partial charge on any atom is 0.292 e. The fourth-order valence-electron chi connectivity index (χ4n) is 1.55. The topological polar surface area (TPSA) is 85.1 Å². The van der Waals surface area contributed by atoms with E-state index in [-0.39, 0.29) is 10.7 Å². The first-order valence-corrected chi connectivity index (χ1v) is 5.83. The Morgan fingerprint density at radius 1 is 1.33 bits per heavy atom. The number of hydrogen-bond acceptors (Lipinski definition) is 4. The number of nitro groups is 1. The van der Waals surface area contributed by atoms with Gasteiger partial charge in [-0.05, 0) is 18.2 Å². The summed E-state index contributed by atoms with van der Waals surface area (Å²) in [6.45, 7) is 0. The monoisotopic (exact) mass is 313 g/mol. The molecule has 0 atom stereocenters. The summed E-state index contributed by atoms with van der Waals surface area (Å²) >= 11 is 5.69. The van der Waals surface area contributed by atoms with Gasteiger partial charge in [0, 0.05) is 17.3 Å². The number of aromatic nitrogens is 1. The van der Waals surface area contributed by atoms with Gasteiger partial charge >= 0.3 is 0 Å². The van der Waals surface area contributed by atoms with Gasteiger partial charge < -0.3 is 5.32 Å². The van der Waals surface area contributed by atoms with E-state index in [4.69, 9.17) is 11.6 Å². The maximum absolute atomic E-state index is 13.4. The molecule has 1 aromatic heterocycles. The molecular formula is C12H6ClF2N3O3. The number of carbonyl (C=O) groups is 1. The molecule has 0 radical (unpaired) electrons. The Bertz CT molecular complexity index is 740. The Balaban J connectivity index is 2.38. The summed E-state index contributed by atoms with van der Waals surface area (Å²) < 4.78 is 26.4. The molecule has 2 rings (SSSR count). The Morgan fingerprint density at radius 3 is 2.71 bits per heavy atom. The van der Waals surface area contributed by atoms with Crippen LogP contribution >= 0.6 is 11.6 Å². The molecule has 0 saturated heterocycles. The molecule has 0 spiro atoms. The molecule has 2 aromatic rings. The molecule has 1 aromatic carbocycles. The van der Waals surface area contributed by atoms with Crippen LogP contribution in [0, 0.1) is 21.9 Å². The van der Waals surface area contributed by atoms with Crippen molar-refractivity contribution in [2.24, 2.45) is 0 Å².